The van der Waals surface area contributed by atoms with Gasteiger partial charge in [0.15, 0.2) is 0 Å². The molecule has 0 atom stereocenters. The van der Waals surface area contributed by atoms with Gasteiger partial charge in [0.25, 0.3) is 0 Å². The number of hydrogen-bond donors (Lipinski definition) is 1. The molecule has 0 radical (unpaired) electrons. The molecule has 78 valence electrons. The van der Waals surface area contributed by atoms with Crippen LogP contribution >= 0.6 is 0 Å². The van der Waals surface area contributed by atoms with Crippen molar-refractivity contribution in [2.24, 2.45) is 0 Å². The van der Waals surface area contributed by atoms with Gasteiger partial charge in [0.05, 0.1) is 6.54 Å². The van der Waals surface area contributed by atoms with Crippen molar-refractivity contribution in [3.63, 3.8) is 0 Å². The Morgan fingerprint density at radius 2 is 1.93 bits per heavy atom. The summed E-state index contributed by atoms with van der Waals surface area (Å²) in [5.74, 6) is 0. The van der Waals surface area contributed by atoms with E-state index in [0.717, 1.165) is 13.1 Å². The second kappa shape index (κ2) is 4.70. The molecular weight excluding hydrogens is 188 g/mol. The maximum atomic E-state index is 4.06. The van der Waals surface area contributed by atoms with Gasteiger partial charge in [0.2, 0.25) is 0 Å². The maximum Gasteiger partial charge on any atom is 0.137 e. The zero-order valence-electron chi connectivity index (χ0n) is 8.72. The molecule has 1 aromatic heterocycles. The van der Waals surface area contributed by atoms with Crippen molar-refractivity contribution in [3.05, 3.63) is 48.0 Å². The molecule has 1 heterocycles. The summed E-state index contributed by atoms with van der Waals surface area (Å²) in [6.07, 6.45) is 3.27. The zero-order chi connectivity index (χ0) is 10.5. The fourth-order valence-corrected chi connectivity index (χ4v) is 1.47. The van der Waals surface area contributed by atoms with Crippen molar-refractivity contribution in [3.8, 4) is 0 Å². The molecule has 0 spiro atoms. The van der Waals surface area contributed by atoms with Crippen LogP contribution in [0.2, 0.25) is 0 Å². The lowest BCUT2D eigenvalue weighted by atomic mass is 10.1. The maximum absolute atomic E-state index is 4.06. The fourth-order valence-electron chi connectivity index (χ4n) is 1.47. The minimum absolute atomic E-state index is 0.778. The average molecular weight is 202 g/mol. The van der Waals surface area contributed by atoms with Crippen LogP contribution in [0.3, 0.4) is 0 Å². The quantitative estimate of drug-likeness (QED) is 0.805. The van der Waals surface area contributed by atoms with Crippen molar-refractivity contribution >= 4 is 0 Å². The van der Waals surface area contributed by atoms with Gasteiger partial charge in [-0.15, -0.1) is 0 Å². The van der Waals surface area contributed by atoms with E-state index in [4.69, 9.17) is 0 Å². The smallest absolute Gasteiger partial charge is 0.137 e. The SMILES string of the molecule is CNCc1ccc(Cn2cncn2)cc1. The highest BCUT2D eigenvalue weighted by Gasteiger charge is 1.96. The molecule has 1 aromatic carbocycles. The Morgan fingerprint density at radius 3 is 2.53 bits per heavy atom. The van der Waals surface area contributed by atoms with E-state index in [2.05, 4.69) is 39.7 Å². The van der Waals surface area contributed by atoms with Gasteiger partial charge in [-0.25, -0.2) is 9.67 Å². The third kappa shape index (κ3) is 2.63. The Hall–Kier alpha value is -1.68. The molecule has 2 aromatic rings. The van der Waals surface area contributed by atoms with E-state index < -0.39 is 0 Å². The van der Waals surface area contributed by atoms with E-state index in [-0.39, 0.29) is 0 Å². The van der Waals surface area contributed by atoms with E-state index in [0.29, 0.717) is 0 Å². The lowest BCUT2D eigenvalue weighted by Gasteiger charge is -2.03. The predicted octanol–water partition coefficient (Wildman–Crippen LogP) is 1.05. The molecule has 0 unspecified atom stereocenters. The summed E-state index contributed by atoms with van der Waals surface area (Å²) in [5, 5.41) is 7.18. The molecule has 0 amide bonds. The zero-order valence-corrected chi connectivity index (χ0v) is 8.72. The van der Waals surface area contributed by atoms with Crippen LogP contribution in [0.1, 0.15) is 11.1 Å². The Bertz CT molecular complexity index is 391. The number of aromatic nitrogens is 3. The first-order valence-electron chi connectivity index (χ1n) is 4.93. The van der Waals surface area contributed by atoms with Crippen molar-refractivity contribution in [1.82, 2.24) is 20.1 Å². The average Bonchev–Trinajstić information content (AvgIpc) is 2.74. The molecule has 1 N–H and O–H groups in total. The molecule has 0 saturated heterocycles. The van der Waals surface area contributed by atoms with E-state index in [1.165, 1.54) is 11.1 Å². The van der Waals surface area contributed by atoms with Gasteiger partial charge in [0, 0.05) is 6.54 Å². The summed E-state index contributed by atoms with van der Waals surface area (Å²) in [5.41, 5.74) is 2.53. The Labute approximate surface area is 89.0 Å². The third-order valence-corrected chi connectivity index (χ3v) is 2.22. The van der Waals surface area contributed by atoms with Crippen molar-refractivity contribution in [2.75, 3.05) is 7.05 Å². The van der Waals surface area contributed by atoms with Gasteiger partial charge in [-0.3, -0.25) is 0 Å². The molecule has 15 heavy (non-hydrogen) atoms. The molecular formula is C11H14N4. The molecule has 4 nitrogen and oxygen atoms in total. The van der Waals surface area contributed by atoms with Crippen LogP contribution in [0.4, 0.5) is 0 Å². The highest BCUT2D eigenvalue weighted by molar-refractivity contribution is 5.22. The lowest BCUT2D eigenvalue weighted by molar-refractivity contribution is 0.684. The number of hydrogen-bond acceptors (Lipinski definition) is 3. The Balaban J connectivity index is 2.04. The van der Waals surface area contributed by atoms with E-state index in [9.17, 15) is 0 Å². The first-order chi connectivity index (χ1) is 7.38. The summed E-state index contributed by atoms with van der Waals surface area (Å²) in [7, 11) is 1.95. The lowest BCUT2D eigenvalue weighted by Crippen LogP contribution is -2.05. The van der Waals surface area contributed by atoms with Crippen LogP contribution < -0.4 is 5.32 Å². The van der Waals surface area contributed by atoms with Crippen LogP contribution in [-0.4, -0.2) is 21.8 Å². The van der Waals surface area contributed by atoms with Gasteiger partial charge >= 0.3 is 0 Å². The number of rotatable bonds is 4. The molecule has 4 heteroatoms. The number of nitrogens with zero attached hydrogens (tertiary/aromatic N) is 3. The first kappa shape index (κ1) is 9.86. The first-order valence-corrected chi connectivity index (χ1v) is 4.93. The normalized spacial score (nSPS) is 10.5. The molecule has 2 rings (SSSR count). The predicted molar refractivity (Wildman–Crippen MR) is 58.3 cm³/mol. The molecule has 0 aliphatic carbocycles. The molecule has 0 bridgehead atoms. The van der Waals surface area contributed by atoms with Gasteiger partial charge in [-0.05, 0) is 18.2 Å². The van der Waals surface area contributed by atoms with Gasteiger partial charge in [0.1, 0.15) is 12.7 Å². The van der Waals surface area contributed by atoms with E-state index in [1.807, 2.05) is 11.7 Å². The monoisotopic (exact) mass is 202 g/mol. The summed E-state index contributed by atoms with van der Waals surface area (Å²) < 4.78 is 1.81. The van der Waals surface area contributed by atoms with E-state index in [1.54, 1.807) is 12.7 Å². The number of benzene rings is 1. The second-order valence-corrected chi connectivity index (χ2v) is 3.44. The molecule has 0 saturated carbocycles. The van der Waals surface area contributed by atoms with Gasteiger partial charge < -0.3 is 5.32 Å². The summed E-state index contributed by atoms with van der Waals surface area (Å²) in [4.78, 5) is 3.91. The van der Waals surface area contributed by atoms with Crippen LogP contribution in [0, 0.1) is 0 Å². The van der Waals surface area contributed by atoms with Gasteiger partial charge in [-0.2, -0.15) is 5.10 Å². The summed E-state index contributed by atoms with van der Waals surface area (Å²) >= 11 is 0. The Morgan fingerprint density at radius 1 is 1.20 bits per heavy atom. The van der Waals surface area contributed by atoms with Crippen LogP contribution in [0.5, 0.6) is 0 Å². The van der Waals surface area contributed by atoms with Crippen LogP contribution in [0.15, 0.2) is 36.9 Å². The fraction of sp³-hybridized carbons (Fsp3) is 0.273. The number of nitrogens with one attached hydrogen (secondary N) is 1. The van der Waals surface area contributed by atoms with Crippen molar-refractivity contribution < 1.29 is 0 Å². The minimum Gasteiger partial charge on any atom is -0.316 e. The topological polar surface area (TPSA) is 42.7 Å². The molecule has 0 aliphatic rings. The third-order valence-electron chi connectivity index (χ3n) is 2.22. The Kier molecular flexibility index (Phi) is 3.09. The largest absolute Gasteiger partial charge is 0.316 e. The van der Waals surface area contributed by atoms with Gasteiger partial charge in [-0.1, -0.05) is 24.3 Å². The summed E-state index contributed by atoms with van der Waals surface area (Å²) in [6.45, 7) is 1.68. The van der Waals surface area contributed by atoms with Crippen LogP contribution in [-0.2, 0) is 13.1 Å². The second-order valence-electron chi connectivity index (χ2n) is 3.44. The molecule has 0 fully saturated rings. The minimum atomic E-state index is 0.778. The highest BCUT2D eigenvalue weighted by atomic mass is 15.3. The van der Waals surface area contributed by atoms with Crippen LogP contribution in [0.25, 0.3) is 0 Å². The standard InChI is InChI=1S/C11H14N4/c1-12-6-10-2-4-11(5-3-10)7-15-9-13-8-14-15/h2-5,8-9,12H,6-7H2,1H3. The van der Waals surface area contributed by atoms with Crippen molar-refractivity contribution in [1.29, 1.82) is 0 Å². The van der Waals surface area contributed by atoms with E-state index >= 15 is 0 Å². The highest BCUT2D eigenvalue weighted by Crippen LogP contribution is 2.05. The summed E-state index contributed by atoms with van der Waals surface area (Å²) in [6, 6.07) is 8.49. The van der Waals surface area contributed by atoms with Crippen molar-refractivity contribution in [2.45, 2.75) is 13.1 Å². The molecule has 0 aliphatic heterocycles.